The van der Waals surface area contributed by atoms with E-state index in [1.807, 2.05) is 65.6 Å². The number of likely N-dealkylation sites (tertiary alicyclic amines) is 1. The number of fused-ring (bicyclic) bond motifs is 2. The van der Waals surface area contributed by atoms with Gasteiger partial charge in [0.05, 0.1) is 30.9 Å². The SMILES string of the molecule is O=C(c1ccccc1)N1C2COC(C2)C(O)CC1c1ccccc1. The molecule has 1 amide bonds. The van der Waals surface area contributed by atoms with Crippen LogP contribution in [-0.2, 0) is 4.74 Å². The van der Waals surface area contributed by atoms with Crippen molar-refractivity contribution < 1.29 is 14.6 Å². The number of ether oxygens (including phenoxy) is 1. The van der Waals surface area contributed by atoms with Crippen molar-refractivity contribution in [3.8, 4) is 0 Å². The maximum atomic E-state index is 13.2. The fourth-order valence-corrected chi connectivity index (χ4v) is 3.86. The molecule has 0 aromatic heterocycles. The maximum absolute atomic E-state index is 13.2. The summed E-state index contributed by atoms with van der Waals surface area (Å²) in [6, 6.07) is 19.2. The Bertz CT molecular complexity index is 703. The summed E-state index contributed by atoms with van der Waals surface area (Å²) < 4.78 is 5.73. The lowest BCUT2D eigenvalue weighted by Gasteiger charge is -2.36. The summed E-state index contributed by atoms with van der Waals surface area (Å²) >= 11 is 0. The number of aliphatic hydroxyl groups is 1. The minimum absolute atomic E-state index is 0.00469. The molecule has 2 aromatic carbocycles. The molecule has 2 aliphatic rings. The molecule has 4 atom stereocenters. The molecule has 0 radical (unpaired) electrons. The molecule has 2 aliphatic heterocycles. The van der Waals surface area contributed by atoms with Gasteiger partial charge in [-0.05, 0) is 24.1 Å². The summed E-state index contributed by atoms with van der Waals surface area (Å²) in [5.74, 6) is 0.00723. The summed E-state index contributed by atoms with van der Waals surface area (Å²) in [6.45, 7) is 0.490. The van der Waals surface area contributed by atoms with Gasteiger partial charge in [0.25, 0.3) is 5.91 Å². The van der Waals surface area contributed by atoms with Gasteiger partial charge in [-0.3, -0.25) is 4.79 Å². The van der Waals surface area contributed by atoms with Gasteiger partial charge in [0.2, 0.25) is 0 Å². The first kappa shape index (κ1) is 15.4. The predicted octanol–water partition coefficient (Wildman–Crippen LogP) is 2.79. The zero-order valence-electron chi connectivity index (χ0n) is 13.4. The van der Waals surface area contributed by atoms with Crippen molar-refractivity contribution in [1.29, 1.82) is 0 Å². The Morgan fingerprint density at radius 1 is 1.00 bits per heavy atom. The lowest BCUT2D eigenvalue weighted by Crippen LogP contribution is -2.43. The Hall–Kier alpha value is -2.17. The molecule has 2 heterocycles. The highest BCUT2D eigenvalue weighted by molar-refractivity contribution is 5.94. The smallest absolute Gasteiger partial charge is 0.254 e. The van der Waals surface area contributed by atoms with E-state index in [1.165, 1.54) is 0 Å². The zero-order chi connectivity index (χ0) is 16.5. The van der Waals surface area contributed by atoms with Crippen LogP contribution in [0.15, 0.2) is 60.7 Å². The first-order valence-electron chi connectivity index (χ1n) is 8.46. The summed E-state index contributed by atoms with van der Waals surface area (Å²) in [7, 11) is 0. The second-order valence-corrected chi connectivity index (χ2v) is 6.57. The van der Waals surface area contributed by atoms with E-state index in [0.717, 1.165) is 5.56 Å². The molecule has 4 unspecified atom stereocenters. The molecule has 124 valence electrons. The van der Waals surface area contributed by atoms with Gasteiger partial charge in [0.15, 0.2) is 0 Å². The molecule has 2 saturated heterocycles. The van der Waals surface area contributed by atoms with Gasteiger partial charge in [-0.2, -0.15) is 0 Å². The first-order valence-corrected chi connectivity index (χ1v) is 8.46. The molecule has 0 spiro atoms. The van der Waals surface area contributed by atoms with Gasteiger partial charge in [-0.1, -0.05) is 48.5 Å². The van der Waals surface area contributed by atoms with E-state index >= 15 is 0 Å². The van der Waals surface area contributed by atoms with E-state index in [-0.39, 0.29) is 24.1 Å². The monoisotopic (exact) mass is 323 g/mol. The fourth-order valence-electron chi connectivity index (χ4n) is 3.86. The minimum atomic E-state index is -0.547. The molecular formula is C20H21NO3. The summed E-state index contributed by atoms with van der Waals surface area (Å²) in [5, 5.41) is 10.5. The number of amides is 1. The van der Waals surface area contributed by atoms with Gasteiger partial charge in [-0.25, -0.2) is 0 Å². The molecule has 2 bridgehead atoms. The lowest BCUT2D eigenvalue weighted by atomic mass is 9.97. The first-order chi connectivity index (χ1) is 11.7. The molecular weight excluding hydrogens is 302 g/mol. The van der Waals surface area contributed by atoms with E-state index in [0.29, 0.717) is 25.0 Å². The number of hydrogen-bond donors (Lipinski definition) is 1. The average molecular weight is 323 g/mol. The van der Waals surface area contributed by atoms with Gasteiger partial charge < -0.3 is 14.7 Å². The number of carbonyl (C=O) groups is 1. The largest absolute Gasteiger partial charge is 0.390 e. The van der Waals surface area contributed by atoms with Crippen LogP contribution in [0.3, 0.4) is 0 Å². The molecule has 4 nitrogen and oxygen atoms in total. The van der Waals surface area contributed by atoms with Crippen LogP contribution in [0.25, 0.3) is 0 Å². The Morgan fingerprint density at radius 3 is 2.38 bits per heavy atom. The number of carbonyl (C=O) groups excluding carboxylic acids is 1. The Balaban J connectivity index is 1.75. The van der Waals surface area contributed by atoms with Gasteiger partial charge in [0.1, 0.15) is 0 Å². The second kappa shape index (κ2) is 6.38. The van der Waals surface area contributed by atoms with Gasteiger partial charge >= 0.3 is 0 Å². The Labute approximate surface area is 141 Å². The van der Waals surface area contributed by atoms with Gasteiger partial charge in [0, 0.05) is 12.0 Å². The normalized spacial score (nSPS) is 29.3. The molecule has 4 heteroatoms. The van der Waals surface area contributed by atoms with Crippen LogP contribution in [0.5, 0.6) is 0 Å². The van der Waals surface area contributed by atoms with Crippen molar-refractivity contribution in [3.05, 3.63) is 71.8 Å². The Kier molecular flexibility index (Phi) is 4.08. The molecule has 24 heavy (non-hydrogen) atoms. The third-order valence-electron chi connectivity index (χ3n) is 5.07. The highest BCUT2D eigenvalue weighted by atomic mass is 16.5. The highest BCUT2D eigenvalue weighted by Gasteiger charge is 2.44. The molecule has 0 saturated carbocycles. The molecule has 2 aromatic rings. The van der Waals surface area contributed by atoms with Crippen LogP contribution < -0.4 is 0 Å². The average Bonchev–Trinajstić information content (AvgIpc) is 3.06. The van der Waals surface area contributed by atoms with E-state index in [1.54, 1.807) is 0 Å². The minimum Gasteiger partial charge on any atom is -0.390 e. The molecule has 4 rings (SSSR count). The van der Waals surface area contributed by atoms with Crippen LogP contribution in [0.1, 0.15) is 34.8 Å². The highest BCUT2D eigenvalue weighted by Crippen LogP contribution is 2.38. The van der Waals surface area contributed by atoms with Crippen LogP contribution in [0.2, 0.25) is 0 Å². The number of hydrogen-bond acceptors (Lipinski definition) is 3. The quantitative estimate of drug-likeness (QED) is 0.924. The molecule has 1 N–H and O–H groups in total. The van der Waals surface area contributed by atoms with E-state index in [4.69, 9.17) is 4.74 Å². The number of rotatable bonds is 2. The van der Waals surface area contributed by atoms with Crippen LogP contribution in [0, 0.1) is 0 Å². The topological polar surface area (TPSA) is 49.8 Å². The third-order valence-corrected chi connectivity index (χ3v) is 5.07. The fraction of sp³-hybridized carbons (Fsp3) is 0.350. The van der Waals surface area contributed by atoms with E-state index in [9.17, 15) is 9.90 Å². The van der Waals surface area contributed by atoms with Crippen molar-refractivity contribution in [3.63, 3.8) is 0 Å². The summed E-state index contributed by atoms with van der Waals surface area (Å²) in [5.41, 5.74) is 1.74. The molecule has 2 fully saturated rings. The zero-order valence-corrected chi connectivity index (χ0v) is 13.4. The lowest BCUT2D eigenvalue weighted by molar-refractivity contribution is -0.0285. The summed E-state index contributed by atoms with van der Waals surface area (Å²) in [6.07, 6.45) is 0.482. The number of benzene rings is 2. The molecule has 0 aliphatic carbocycles. The van der Waals surface area contributed by atoms with Crippen LogP contribution in [-0.4, -0.2) is 40.8 Å². The maximum Gasteiger partial charge on any atom is 0.254 e. The van der Waals surface area contributed by atoms with Crippen molar-refractivity contribution in [2.75, 3.05) is 6.61 Å². The Morgan fingerprint density at radius 2 is 1.67 bits per heavy atom. The van der Waals surface area contributed by atoms with Crippen molar-refractivity contribution in [2.45, 2.75) is 37.1 Å². The van der Waals surface area contributed by atoms with Crippen molar-refractivity contribution in [2.24, 2.45) is 0 Å². The van der Waals surface area contributed by atoms with E-state index in [2.05, 4.69) is 0 Å². The van der Waals surface area contributed by atoms with Crippen molar-refractivity contribution in [1.82, 2.24) is 4.90 Å². The number of nitrogens with zero attached hydrogens (tertiary/aromatic N) is 1. The van der Waals surface area contributed by atoms with E-state index < -0.39 is 6.10 Å². The van der Waals surface area contributed by atoms with Gasteiger partial charge in [-0.15, -0.1) is 0 Å². The predicted molar refractivity (Wildman–Crippen MR) is 90.6 cm³/mol. The third kappa shape index (κ3) is 2.72. The van der Waals surface area contributed by atoms with Crippen LogP contribution >= 0.6 is 0 Å². The summed E-state index contributed by atoms with van der Waals surface area (Å²) in [4.78, 5) is 15.2. The standard InChI is InChI=1S/C20H21NO3/c22-18-12-17(14-7-3-1-4-8-14)21(16-11-19(18)24-13-16)20(23)15-9-5-2-6-10-15/h1-10,16-19,22H,11-13H2. The van der Waals surface area contributed by atoms with Crippen LogP contribution in [0.4, 0.5) is 0 Å². The second-order valence-electron chi connectivity index (χ2n) is 6.57. The number of aliphatic hydroxyl groups excluding tert-OH is 1. The van der Waals surface area contributed by atoms with Crippen molar-refractivity contribution >= 4 is 5.91 Å².